The van der Waals surface area contributed by atoms with E-state index in [0.29, 0.717) is 10.0 Å². The van der Waals surface area contributed by atoms with Gasteiger partial charge in [-0.2, -0.15) is 0 Å². The van der Waals surface area contributed by atoms with Gasteiger partial charge in [0.15, 0.2) is 0 Å². The molecule has 0 spiro atoms. The normalized spacial score (nSPS) is 11.0. The Morgan fingerprint density at radius 3 is 1.45 bits per heavy atom. The number of hydrogen-bond acceptors (Lipinski definition) is 3. The van der Waals surface area contributed by atoms with Crippen LogP contribution < -0.4 is 9.05 Å². The van der Waals surface area contributed by atoms with Gasteiger partial charge < -0.3 is 9.05 Å². The molecular formula is C16H18Cl2NO2P. The molecule has 0 heterocycles. The summed E-state index contributed by atoms with van der Waals surface area (Å²) in [5.41, 5.74) is 0. The van der Waals surface area contributed by atoms with Crippen LogP contribution in [0, 0.1) is 0 Å². The highest BCUT2D eigenvalue weighted by Crippen LogP contribution is 2.43. The largest absolute Gasteiger partial charge is 0.427 e. The average molecular weight is 358 g/mol. The molecule has 0 aliphatic carbocycles. The lowest BCUT2D eigenvalue weighted by molar-refractivity contribution is 0.372. The van der Waals surface area contributed by atoms with E-state index in [-0.39, 0.29) is 0 Å². The lowest BCUT2D eigenvalue weighted by atomic mass is 10.3. The molecule has 2 rings (SSSR count). The highest BCUT2D eigenvalue weighted by Gasteiger charge is 2.22. The van der Waals surface area contributed by atoms with Crippen LogP contribution in [0.2, 0.25) is 10.0 Å². The summed E-state index contributed by atoms with van der Waals surface area (Å²) < 4.78 is 14.2. The minimum atomic E-state index is -1.25. The average Bonchev–Trinajstić information content (AvgIpc) is 2.53. The zero-order valence-electron chi connectivity index (χ0n) is 12.5. The van der Waals surface area contributed by atoms with E-state index in [9.17, 15) is 0 Å². The van der Waals surface area contributed by atoms with Crippen LogP contribution in [0.5, 0.6) is 11.5 Å². The van der Waals surface area contributed by atoms with Crippen LogP contribution >= 0.6 is 31.7 Å². The molecular weight excluding hydrogens is 340 g/mol. The maximum atomic E-state index is 6.02. The van der Waals surface area contributed by atoms with Crippen LogP contribution in [0.3, 0.4) is 0 Å². The van der Waals surface area contributed by atoms with Crippen molar-refractivity contribution in [1.82, 2.24) is 4.67 Å². The minimum Gasteiger partial charge on any atom is -0.427 e. The highest BCUT2D eigenvalue weighted by molar-refractivity contribution is 7.45. The van der Waals surface area contributed by atoms with E-state index >= 15 is 0 Å². The first-order valence-corrected chi connectivity index (χ1v) is 8.93. The van der Waals surface area contributed by atoms with Crippen LogP contribution in [0.1, 0.15) is 13.8 Å². The van der Waals surface area contributed by atoms with Crippen molar-refractivity contribution >= 4 is 31.7 Å². The molecule has 3 nitrogen and oxygen atoms in total. The maximum Gasteiger partial charge on any atom is 0.384 e. The van der Waals surface area contributed by atoms with Gasteiger partial charge in [0, 0.05) is 23.1 Å². The Morgan fingerprint density at radius 1 is 0.773 bits per heavy atom. The molecule has 0 N–H and O–H groups in total. The van der Waals surface area contributed by atoms with Gasteiger partial charge in [0.05, 0.1) is 0 Å². The molecule has 2 aromatic rings. The zero-order valence-corrected chi connectivity index (χ0v) is 14.9. The first kappa shape index (κ1) is 17.4. The second-order valence-electron chi connectivity index (χ2n) is 4.47. The molecule has 0 atom stereocenters. The number of benzene rings is 2. The Morgan fingerprint density at radius 2 is 1.14 bits per heavy atom. The fourth-order valence-corrected chi connectivity index (χ4v) is 3.35. The van der Waals surface area contributed by atoms with Crippen LogP contribution in [-0.2, 0) is 0 Å². The molecule has 6 heteroatoms. The van der Waals surface area contributed by atoms with E-state index in [0.717, 1.165) is 24.6 Å². The second kappa shape index (κ2) is 8.59. The van der Waals surface area contributed by atoms with Crippen LogP contribution in [0.25, 0.3) is 0 Å². The van der Waals surface area contributed by atoms with Gasteiger partial charge in [0.25, 0.3) is 0 Å². The number of halogens is 2. The fraction of sp³-hybridized carbons (Fsp3) is 0.250. The Labute approximate surface area is 142 Å². The molecule has 0 aliphatic rings. The molecule has 2 aromatic carbocycles. The Hall–Kier alpha value is -0.990. The van der Waals surface area contributed by atoms with Crippen molar-refractivity contribution in [3.8, 4) is 11.5 Å². The third-order valence-electron chi connectivity index (χ3n) is 2.96. The second-order valence-corrected chi connectivity index (χ2v) is 6.75. The lowest BCUT2D eigenvalue weighted by Gasteiger charge is -2.27. The van der Waals surface area contributed by atoms with E-state index in [1.54, 1.807) is 24.3 Å². The summed E-state index contributed by atoms with van der Waals surface area (Å²) in [6.45, 7) is 5.83. The molecule has 0 amide bonds. The van der Waals surface area contributed by atoms with Gasteiger partial charge in [-0.05, 0) is 48.5 Å². The van der Waals surface area contributed by atoms with Crippen LogP contribution in [-0.4, -0.2) is 17.8 Å². The Bertz CT molecular complexity index is 526. The molecule has 0 aliphatic heterocycles. The van der Waals surface area contributed by atoms with Crippen molar-refractivity contribution in [2.24, 2.45) is 0 Å². The standard InChI is InChI=1S/C16H18Cl2NO2P/c1-3-19(4-2)22(20-15-9-5-13(17)6-10-15)21-16-11-7-14(18)8-12-16/h5-12H,3-4H2,1-2H3. The molecule has 22 heavy (non-hydrogen) atoms. The van der Waals surface area contributed by atoms with Crippen LogP contribution in [0.4, 0.5) is 0 Å². The van der Waals surface area contributed by atoms with Crippen molar-refractivity contribution < 1.29 is 9.05 Å². The first-order valence-electron chi connectivity index (χ1n) is 7.04. The van der Waals surface area contributed by atoms with E-state index < -0.39 is 8.53 Å². The topological polar surface area (TPSA) is 21.7 Å². The number of nitrogens with zero attached hydrogens (tertiary/aromatic N) is 1. The molecule has 0 aromatic heterocycles. The van der Waals surface area contributed by atoms with Gasteiger partial charge in [0.2, 0.25) is 0 Å². The smallest absolute Gasteiger partial charge is 0.384 e. The van der Waals surface area contributed by atoms with E-state index in [4.69, 9.17) is 32.2 Å². The molecule has 0 unspecified atom stereocenters. The quantitative estimate of drug-likeness (QED) is 0.565. The third-order valence-corrected chi connectivity index (χ3v) is 5.22. The Kier molecular flexibility index (Phi) is 6.78. The zero-order chi connectivity index (χ0) is 15.9. The van der Waals surface area contributed by atoms with Gasteiger partial charge in [-0.1, -0.05) is 37.0 Å². The lowest BCUT2D eigenvalue weighted by Crippen LogP contribution is -2.22. The van der Waals surface area contributed by atoms with Gasteiger partial charge in [0.1, 0.15) is 11.5 Å². The van der Waals surface area contributed by atoms with Crippen molar-refractivity contribution in [1.29, 1.82) is 0 Å². The summed E-state index contributed by atoms with van der Waals surface area (Å²) in [5, 5.41) is 1.36. The molecule has 0 fully saturated rings. The molecule has 0 bridgehead atoms. The monoisotopic (exact) mass is 357 g/mol. The van der Waals surface area contributed by atoms with Gasteiger partial charge in [-0.15, -0.1) is 0 Å². The van der Waals surface area contributed by atoms with Crippen molar-refractivity contribution in [3.63, 3.8) is 0 Å². The molecule has 0 saturated heterocycles. The fourth-order valence-electron chi connectivity index (χ4n) is 1.76. The van der Waals surface area contributed by atoms with E-state index in [1.165, 1.54) is 0 Å². The summed E-state index contributed by atoms with van der Waals surface area (Å²) in [7, 11) is -1.25. The summed E-state index contributed by atoms with van der Waals surface area (Å²) in [6.07, 6.45) is 0. The minimum absolute atomic E-state index is 0.679. The van der Waals surface area contributed by atoms with Crippen molar-refractivity contribution in [2.75, 3.05) is 13.1 Å². The first-order chi connectivity index (χ1) is 10.6. The van der Waals surface area contributed by atoms with Crippen LogP contribution in [0.15, 0.2) is 48.5 Å². The van der Waals surface area contributed by atoms with Crippen molar-refractivity contribution in [3.05, 3.63) is 58.6 Å². The van der Waals surface area contributed by atoms with E-state index in [2.05, 4.69) is 18.5 Å². The van der Waals surface area contributed by atoms with Gasteiger partial charge >= 0.3 is 8.53 Å². The number of rotatable bonds is 7. The summed E-state index contributed by atoms with van der Waals surface area (Å²) in [5.74, 6) is 1.47. The summed E-state index contributed by atoms with van der Waals surface area (Å²) >= 11 is 11.8. The molecule has 0 saturated carbocycles. The predicted molar refractivity (Wildman–Crippen MR) is 94.0 cm³/mol. The summed E-state index contributed by atoms with van der Waals surface area (Å²) in [4.78, 5) is 0. The van der Waals surface area contributed by atoms with Gasteiger partial charge in [-0.3, -0.25) is 0 Å². The predicted octanol–water partition coefficient (Wildman–Crippen LogP) is 6.02. The van der Waals surface area contributed by atoms with Gasteiger partial charge in [-0.25, -0.2) is 4.67 Å². The SMILES string of the molecule is CCN(CC)P(Oc1ccc(Cl)cc1)Oc1ccc(Cl)cc1. The number of hydrogen-bond donors (Lipinski definition) is 0. The molecule has 118 valence electrons. The maximum absolute atomic E-state index is 6.02. The Balaban J connectivity index is 2.14. The highest BCUT2D eigenvalue weighted by atomic mass is 35.5. The molecule has 0 radical (unpaired) electrons. The third kappa shape index (κ3) is 5.03. The van der Waals surface area contributed by atoms with E-state index in [1.807, 2.05) is 24.3 Å². The van der Waals surface area contributed by atoms with Crippen molar-refractivity contribution in [2.45, 2.75) is 13.8 Å². The summed E-state index contributed by atoms with van der Waals surface area (Å²) in [6, 6.07) is 14.6.